The average molecular weight is 699 g/mol. The third-order valence-corrected chi connectivity index (χ3v) is 11.0. The zero-order valence-electron chi connectivity index (χ0n) is 21.9. The van der Waals surface area contributed by atoms with Gasteiger partial charge in [-0.3, -0.25) is 4.55 Å². The number of hydrogen-bond donors (Lipinski definition) is 2. The molecular formula is C21H26F12O8S2. The Morgan fingerprint density at radius 2 is 1.30 bits per heavy atom. The molecule has 0 saturated heterocycles. The van der Waals surface area contributed by atoms with Crippen LogP contribution in [0.15, 0.2) is 0 Å². The van der Waals surface area contributed by atoms with Gasteiger partial charge >= 0.3 is 30.1 Å². The van der Waals surface area contributed by atoms with E-state index in [0.717, 1.165) is 7.11 Å². The summed E-state index contributed by atoms with van der Waals surface area (Å²) in [6.45, 7) is -0.272. The van der Waals surface area contributed by atoms with Crippen LogP contribution in [0.2, 0.25) is 0 Å². The summed E-state index contributed by atoms with van der Waals surface area (Å²) in [4.78, 5) is 0. The van der Waals surface area contributed by atoms with Crippen LogP contribution in [0.4, 0.5) is 52.7 Å². The van der Waals surface area contributed by atoms with Crippen LogP contribution in [-0.2, 0) is 29.0 Å². The highest BCUT2D eigenvalue weighted by Gasteiger charge is 2.98. The quantitative estimate of drug-likeness (QED) is 0.0921. The molecule has 3 saturated carbocycles. The standard InChI is InChI=1S/C21H26F12O8S2/c1-15(22)17(23,24)18(25,26)19(15,27)39-11-5-3-9(7-13(11)42-41-40-34)16(20(28,29)30,21(31,32)33)10-4-6-12(38-2)14(8-10)43(35,36)37/h9-14,34H,3-8H2,1-2H3,(H,35,36,37). The molecule has 8 nitrogen and oxygen atoms in total. The van der Waals surface area contributed by atoms with Crippen molar-refractivity contribution in [2.45, 2.75) is 104 Å². The Hall–Kier alpha value is -0.780. The van der Waals surface area contributed by atoms with Crippen molar-refractivity contribution in [3.05, 3.63) is 0 Å². The highest BCUT2D eigenvalue weighted by Crippen LogP contribution is 2.70. The van der Waals surface area contributed by atoms with E-state index in [9.17, 15) is 61.3 Å². The summed E-state index contributed by atoms with van der Waals surface area (Å²) in [5, 5.41) is 7.40. The van der Waals surface area contributed by atoms with Gasteiger partial charge in [-0.2, -0.15) is 52.3 Å². The first kappa shape index (κ1) is 36.7. The highest BCUT2D eigenvalue weighted by atomic mass is 32.2. The number of ether oxygens (including phenoxy) is 2. The molecule has 0 aliphatic heterocycles. The maximum absolute atomic E-state index is 15.1. The second-order valence-electron chi connectivity index (χ2n) is 10.9. The molecule has 254 valence electrons. The van der Waals surface area contributed by atoms with Gasteiger partial charge in [0.15, 0.2) is 5.41 Å². The summed E-state index contributed by atoms with van der Waals surface area (Å²) in [5.74, 6) is -21.7. The normalized spacial score (nSPS) is 38.9. The molecule has 3 fully saturated rings. The van der Waals surface area contributed by atoms with Gasteiger partial charge in [0.05, 0.1) is 17.5 Å². The summed E-state index contributed by atoms with van der Waals surface area (Å²) in [5.41, 5.74) is -9.42. The van der Waals surface area contributed by atoms with Crippen LogP contribution < -0.4 is 0 Å². The first-order chi connectivity index (χ1) is 19.3. The fraction of sp³-hybridized carbons (Fsp3) is 1.00. The molecule has 3 rings (SSSR count). The monoisotopic (exact) mass is 698 g/mol. The number of rotatable bonds is 9. The van der Waals surface area contributed by atoms with Gasteiger partial charge < -0.3 is 9.47 Å². The SMILES string of the molecule is COC1CCC(C(C2CCC(OC3(F)C(C)(F)C(F)(F)C3(F)F)C(SOOO)C2)(C(F)(F)F)C(F)(F)F)CC1S(=O)(=O)O. The summed E-state index contributed by atoms with van der Waals surface area (Å²) >= 11 is -0.332. The van der Waals surface area contributed by atoms with Crippen LogP contribution in [0.1, 0.15) is 45.4 Å². The molecule has 0 aromatic rings. The highest BCUT2D eigenvalue weighted by molar-refractivity contribution is 7.95. The molecule has 2 N–H and O–H groups in total. The van der Waals surface area contributed by atoms with E-state index in [0.29, 0.717) is 0 Å². The zero-order valence-corrected chi connectivity index (χ0v) is 23.5. The summed E-state index contributed by atoms with van der Waals surface area (Å²) in [7, 11) is -4.31. The van der Waals surface area contributed by atoms with E-state index in [1.54, 1.807) is 0 Å². The molecule has 0 heterocycles. The van der Waals surface area contributed by atoms with Crippen LogP contribution in [0.3, 0.4) is 0 Å². The van der Waals surface area contributed by atoms with Gasteiger partial charge in [-0.05, 0) is 57.3 Å². The third kappa shape index (κ3) is 5.41. The molecule has 3 aliphatic rings. The Balaban J connectivity index is 2.06. The minimum atomic E-state index is -6.18. The number of alkyl halides is 12. The minimum absolute atomic E-state index is 0.272. The molecule has 3 aliphatic carbocycles. The van der Waals surface area contributed by atoms with E-state index in [4.69, 9.17) is 9.99 Å². The zero-order chi connectivity index (χ0) is 33.2. The molecule has 0 aromatic heterocycles. The first-order valence-electron chi connectivity index (χ1n) is 12.4. The maximum atomic E-state index is 15.1. The predicted octanol–water partition coefficient (Wildman–Crippen LogP) is 6.47. The van der Waals surface area contributed by atoms with Crippen molar-refractivity contribution < 1.29 is 89.8 Å². The lowest BCUT2D eigenvalue weighted by atomic mass is 9.57. The van der Waals surface area contributed by atoms with Crippen molar-refractivity contribution in [2.24, 2.45) is 17.3 Å². The van der Waals surface area contributed by atoms with Gasteiger partial charge in [0.25, 0.3) is 10.1 Å². The lowest BCUT2D eigenvalue weighted by Gasteiger charge is -2.58. The van der Waals surface area contributed by atoms with Crippen molar-refractivity contribution in [2.75, 3.05) is 7.11 Å². The lowest BCUT2D eigenvalue weighted by molar-refractivity contribution is -0.504. The van der Waals surface area contributed by atoms with Crippen LogP contribution in [0.25, 0.3) is 0 Å². The molecular weight excluding hydrogens is 672 g/mol. The topological polar surface area (TPSA) is 112 Å². The van der Waals surface area contributed by atoms with Crippen LogP contribution in [0, 0.1) is 17.3 Å². The van der Waals surface area contributed by atoms with Gasteiger partial charge in [-0.15, -0.1) is 4.33 Å². The van der Waals surface area contributed by atoms with E-state index in [-0.39, 0.29) is 19.0 Å². The number of hydrogen-bond acceptors (Lipinski definition) is 8. The van der Waals surface area contributed by atoms with Crippen molar-refractivity contribution in [3.8, 4) is 0 Å². The Bertz CT molecular complexity index is 1080. The van der Waals surface area contributed by atoms with E-state index >= 15 is 4.39 Å². The molecule has 0 amide bonds. The number of methoxy groups -OCH3 is 1. The fourth-order valence-corrected chi connectivity index (χ4v) is 8.53. The molecule has 8 unspecified atom stereocenters. The first-order valence-corrected chi connectivity index (χ1v) is 14.7. The average Bonchev–Trinajstić information content (AvgIpc) is 2.85. The molecule has 8 atom stereocenters. The van der Waals surface area contributed by atoms with Crippen molar-refractivity contribution in [3.63, 3.8) is 0 Å². The lowest BCUT2D eigenvalue weighted by Crippen LogP contribution is -2.86. The maximum Gasteiger partial charge on any atom is 0.403 e. The fourth-order valence-electron chi connectivity index (χ4n) is 6.66. The van der Waals surface area contributed by atoms with E-state index in [1.807, 2.05) is 0 Å². The van der Waals surface area contributed by atoms with Crippen molar-refractivity contribution >= 4 is 22.2 Å². The summed E-state index contributed by atoms with van der Waals surface area (Å²) < 4.78 is 220. The predicted molar refractivity (Wildman–Crippen MR) is 120 cm³/mol. The molecule has 43 heavy (non-hydrogen) atoms. The minimum Gasteiger partial charge on any atom is -0.380 e. The van der Waals surface area contributed by atoms with Crippen LogP contribution >= 0.6 is 12.0 Å². The molecule has 0 bridgehead atoms. The second-order valence-corrected chi connectivity index (χ2v) is 13.5. The summed E-state index contributed by atoms with van der Waals surface area (Å²) in [6.07, 6.45) is -22.9. The molecule has 0 radical (unpaired) electrons. The largest absolute Gasteiger partial charge is 0.403 e. The van der Waals surface area contributed by atoms with Gasteiger partial charge in [0.1, 0.15) is 5.25 Å². The van der Waals surface area contributed by atoms with Crippen LogP contribution in [-0.4, -0.2) is 83.8 Å². The smallest absolute Gasteiger partial charge is 0.380 e. The Kier molecular flexibility index (Phi) is 9.79. The van der Waals surface area contributed by atoms with E-state index in [1.165, 1.54) is 0 Å². The Morgan fingerprint density at radius 3 is 1.72 bits per heavy atom. The summed E-state index contributed by atoms with van der Waals surface area (Å²) in [6, 6.07) is 0. The van der Waals surface area contributed by atoms with Crippen molar-refractivity contribution in [1.82, 2.24) is 0 Å². The Morgan fingerprint density at radius 1 is 0.814 bits per heavy atom. The van der Waals surface area contributed by atoms with Gasteiger partial charge in [-0.1, -0.05) is 5.04 Å². The van der Waals surface area contributed by atoms with Gasteiger partial charge in [0.2, 0.25) is 5.67 Å². The third-order valence-electron chi connectivity index (χ3n) is 8.87. The molecule has 0 aromatic carbocycles. The van der Waals surface area contributed by atoms with Gasteiger partial charge in [-0.25, -0.2) is 14.0 Å². The molecule has 22 heteroatoms. The molecule has 0 spiro atoms. The Labute approximate surface area is 240 Å². The van der Waals surface area contributed by atoms with E-state index < -0.39 is 124 Å². The van der Waals surface area contributed by atoms with E-state index in [2.05, 4.69) is 14.1 Å². The second kappa shape index (κ2) is 11.5. The number of halogens is 12. The van der Waals surface area contributed by atoms with Gasteiger partial charge in [0, 0.05) is 19.2 Å². The van der Waals surface area contributed by atoms with Crippen molar-refractivity contribution in [1.29, 1.82) is 0 Å². The van der Waals surface area contributed by atoms with Crippen LogP contribution in [0.5, 0.6) is 0 Å².